The van der Waals surface area contributed by atoms with Crippen molar-refractivity contribution in [2.75, 3.05) is 19.6 Å². The minimum Gasteiger partial charge on any atom is -0.357 e. The summed E-state index contributed by atoms with van der Waals surface area (Å²) >= 11 is 0. The van der Waals surface area contributed by atoms with E-state index in [1.165, 1.54) is 21.6 Å². The van der Waals surface area contributed by atoms with Gasteiger partial charge < -0.3 is 10.6 Å². The average molecular weight is 472 g/mol. The number of halogens is 1. The largest absolute Gasteiger partial charge is 0.357 e. The van der Waals surface area contributed by atoms with E-state index in [0.29, 0.717) is 44.9 Å². The molecule has 0 aliphatic carbocycles. The van der Waals surface area contributed by atoms with Crippen LogP contribution in [0.25, 0.3) is 0 Å². The molecule has 26 heavy (non-hydrogen) atoms. The monoisotopic (exact) mass is 472 g/mol. The van der Waals surface area contributed by atoms with Gasteiger partial charge in [-0.3, -0.25) is 14.5 Å². The van der Waals surface area contributed by atoms with Gasteiger partial charge in [0.05, 0.1) is 6.54 Å². The maximum atomic E-state index is 11.8. The molecule has 0 saturated carbocycles. The number of likely N-dealkylation sites (tertiary alicyclic amines) is 1. The number of piperidine rings is 1. The summed E-state index contributed by atoms with van der Waals surface area (Å²) in [6.07, 6.45) is 1.60. The Morgan fingerprint density at radius 3 is 2.46 bits per heavy atom. The fourth-order valence-electron chi connectivity index (χ4n) is 2.86. The lowest BCUT2D eigenvalue weighted by molar-refractivity contribution is -0.147. The van der Waals surface area contributed by atoms with Crippen LogP contribution in [0.15, 0.2) is 23.2 Å². The molecule has 1 saturated heterocycles. The molecule has 1 aliphatic rings. The summed E-state index contributed by atoms with van der Waals surface area (Å²) in [5.74, 6) is 0.546. The van der Waals surface area contributed by atoms with Crippen molar-refractivity contribution in [1.29, 1.82) is 0 Å². The van der Waals surface area contributed by atoms with Gasteiger partial charge in [0.15, 0.2) is 5.96 Å². The van der Waals surface area contributed by atoms with Crippen molar-refractivity contribution >= 4 is 41.8 Å². The van der Waals surface area contributed by atoms with Crippen LogP contribution in [0.5, 0.6) is 0 Å². The number of aryl methyl sites for hydroxylation is 2. The second-order valence-corrected chi connectivity index (χ2v) is 6.34. The average Bonchev–Trinajstić information content (AvgIpc) is 2.56. The van der Waals surface area contributed by atoms with E-state index < -0.39 is 0 Å². The summed E-state index contributed by atoms with van der Waals surface area (Å²) in [4.78, 5) is 29.6. The van der Waals surface area contributed by atoms with Crippen molar-refractivity contribution in [2.24, 2.45) is 4.99 Å². The number of aliphatic imine (C=N–C) groups is 1. The number of nitrogens with zero attached hydrogens (tertiary/aromatic N) is 2. The second kappa shape index (κ2) is 11.2. The zero-order valence-corrected chi connectivity index (χ0v) is 18.1. The normalized spacial score (nSPS) is 14.9. The van der Waals surface area contributed by atoms with E-state index in [0.717, 1.165) is 6.54 Å². The van der Waals surface area contributed by atoms with Gasteiger partial charge in [-0.25, -0.2) is 4.99 Å². The summed E-state index contributed by atoms with van der Waals surface area (Å²) < 4.78 is 0. The highest BCUT2D eigenvalue weighted by atomic mass is 127. The van der Waals surface area contributed by atoms with Crippen molar-refractivity contribution in [3.05, 3.63) is 34.9 Å². The Morgan fingerprint density at radius 2 is 1.85 bits per heavy atom. The first-order valence-corrected chi connectivity index (χ1v) is 8.92. The molecule has 7 heteroatoms. The molecule has 2 N–H and O–H groups in total. The SMILES string of the molecule is CCNC(=NCc1ccc(C)cc1C)NCCN1C(=O)CCCC1=O.I. The van der Waals surface area contributed by atoms with Gasteiger partial charge in [0, 0.05) is 32.5 Å². The van der Waals surface area contributed by atoms with E-state index in [-0.39, 0.29) is 35.8 Å². The second-order valence-electron chi connectivity index (χ2n) is 6.34. The first-order valence-electron chi connectivity index (χ1n) is 8.92. The van der Waals surface area contributed by atoms with Crippen LogP contribution in [0.3, 0.4) is 0 Å². The highest BCUT2D eigenvalue weighted by Gasteiger charge is 2.25. The number of benzene rings is 1. The predicted octanol–water partition coefficient (Wildman–Crippen LogP) is 2.52. The van der Waals surface area contributed by atoms with Gasteiger partial charge in [0.1, 0.15) is 0 Å². The molecule has 0 aromatic heterocycles. The van der Waals surface area contributed by atoms with Crippen LogP contribution < -0.4 is 10.6 Å². The molecular weight excluding hydrogens is 443 g/mol. The topological polar surface area (TPSA) is 73.8 Å². The molecule has 0 bridgehead atoms. The molecule has 0 radical (unpaired) electrons. The number of amides is 2. The van der Waals surface area contributed by atoms with Crippen molar-refractivity contribution in [2.45, 2.75) is 46.6 Å². The molecule has 2 rings (SSSR count). The molecule has 0 atom stereocenters. The molecular formula is C19H29IN4O2. The van der Waals surface area contributed by atoms with Crippen molar-refractivity contribution in [3.63, 3.8) is 0 Å². The molecule has 0 spiro atoms. The van der Waals surface area contributed by atoms with E-state index in [4.69, 9.17) is 0 Å². The van der Waals surface area contributed by atoms with Crippen molar-refractivity contribution < 1.29 is 9.59 Å². The van der Waals surface area contributed by atoms with Gasteiger partial charge in [-0.2, -0.15) is 0 Å². The predicted molar refractivity (Wildman–Crippen MR) is 115 cm³/mol. The third kappa shape index (κ3) is 6.59. The number of imide groups is 1. The fourth-order valence-corrected chi connectivity index (χ4v) is 2.86. The van der Waals surface area contributed by atoms with Crippen LogP contribution in [0.4, 0.5) is 0 Å². The standard InChI is InChI=1S/C19H28N4O2.HI/c1-4-20-19(22-13-16-9-8-14(2)12-15(16)3)21-10-11-23-17(24)6-5-7-18(23)25;/h8-9,12H,4-7,10-11,13H2,1-3H3,(H2,20,21,22);1H. The van der Waals surface area contributed by atoms with E-state index >= 15 is 0 Å². The molecule has 144 valence electrons. The number of nitrogens with one attached hydrogen (secondary N) is 2. The molecule has 1 aromatic rings. The summed E-state index contributed by atoms with van der Waals surface area (Å²) in [6, 6.07) is 6.34. The molecule has 1 aliphatic heterocycles. The van der Waals surface area contributed by atoms with Crippen LogP contribution in [0, 0.1) is 13.8 Å². The number of hydrogen-bond acceptors (Lipinski definition) is 3. The molecule has 1 heterocycles. The quantitative estimate of drug-likeness (QED) is 0.289. The van der Waals surface area contributed by atoms with Crippen LogP contribution >= 0.6 is 24.0 Å². The lowest BCUT2D eigenvalue weighted by atomic mass is 10.1. The van der Waals surface area contributed by atoms with Crippen LogP contribution in [0.2, 0.25) is 0 Å². The zero-order chi connectivity index (χ0) is 18.2. The minimum atomic E-state index is -0.0738. The third-order valence-corrected chi connectivity index (χ3v) is 4.26. The van der Waals surface area contributed by atoms with Gasteiger partial charge in [0.25, 0.3) is 0 Å². The van der Waals surface area contributed by atoms with Crippen LogP contribution in [0.1, 0.15) is 42.9 Å². The number of carbonyl (C=O) groups is 2. The highest BCUT2D eigenvalue weighted by Crippen LogP contribution is 2.12. The Hall–Kier alpha value is -1.64. The third-order valence-electron chi connectivity index (χ3n) is 4.26. The van der Waals surface area contributed by atoms with Crippen LogP contribution in [-0.2, 0) is 16.1 Å². The van der Waals surface area contributed by atoms with E-state index in [2.05, 4.69) is 47.7 Å². The molecule has 1 aromatic carbocycles. The molecule has 2 amide bonds. The number of hydrogen-bond donors (Lipinski definition) is 2. The maximum Gasteiger partial charge on any atom is 0.229 e. The van der Waals surface area contributed by atoms with E-state index in [9.17, 15) is 9.59 Å². The zero-order valence-electron chi connectivity index (χ0n) is 15.8. The Labute approximate surface area is 172 Å². The lowest BCUT2D eigenvalue weighted by Gasteiger charge is -2.25. The first-order chi connectivity index (χ1) is 12.0. The number of rotatable bonds is 6. The Balaban J connectivity index is 0.00000338. The van der Waals surface area contributed by atoms with Crippen LogP contribution in [-0.4, -0.2) is 42.3 Å². The molecule has 0 unspecified atom stereocenters. The Morgan fingerprint density at radius 1 is 1.15 bits per heavy atom. The summed E-state index contributed by atoms with van der Waals surface area (Å²) in [5.41, 5.74) is 3.65. The van der Waals surface area contributed by atoms with Crippen molar-refractivity contribution in [3.8, 4) is 0 Å². The summed E-state index contributed by atoms with van der Waals surface area (Å²) in [7, 11) is 0. The Bertz CT molecular complexity index is 645. The maximum absolute atomic E-state index is 11.8. The molecule has 1 fully saturated rings. The minimum absolute atomic E-state index is 0. The van der Waals surface area contributed by atoms with Gasteiger partial charge >= 0.3 is 0 Å². The van der Waals surface area contributed by atoms with Gasteiger partial charge in [0.2, 0.25) is 11.8 Å². The number of guanidine groups is 1. The first kappa shape index (κ1) is 22.4. The summed E-state index contributed by atoms with van der Waals surface area (Å²) in [6.45, 7) is 8.39. The van der Waals surface area contributed by atoms with E-state index in [1.54, 1.807) is 0 Å². The van der Waals surface area contributed by atoms with Gasteiger partial charge in [-0.1, -0.05) is 23.8 Å². The Kier molecular flexibility index (Phi) is 9.61. The lowest BCUT2D eigenvalue weighted by Crippen LogP contribution is -2.46. The van der Waals surface area contributed by atoms with Gasteiger partial charge in [-0.15, -0.1) is 24.0 Å². The number of carbonyl (C=O) groups excluding carboxylic acids is 2. The smallest absolute Gasteiger partial charge is 0.229 e. The van der Waals surface area contributed by atoms with Crippen molar-refractivity contribution in [1.82, 2.24) is 15.5 Å². The summed E-state index contributed by atoms with van der Waals surface area (Å²) in [5, 5.41) is 6.40. The molecule has 6 nitrogen and oxygen atoms in total. The highest BCUT2D eigenvalue weighted by molar-refractivity contribution is 14.0. The van der Waals surface area contributed by atoms with Gasteiger partial charge in [-0.05, 0) is 38.3 Å². The van der Waals surface area contributed by atoms with E-state index in [1.807, 2.05) is 6.92 Å². The fraction of sp³-hybridized carbons (Fsp3) is 0.526.